The molecule has 0 amide bonds. The molecule has 8 nitrogen and oxygen atoms in total. The average Bonchev–Trinajstić information content (AvgIpc) is 3.12. The van der Waals surface area contributed by atoms with Crippen LogP contribution in [-0.2, 0) is 18.6 Å². The van der Waals surface area contributed by atoms with E-state index in [-0.39, 0.29) is 0 Å². The molecule has 2 fully saturated rings. The summed E-state index contributed by atoms with van der Waals surface area (Å²) in [6.07, 6.45) is 0. The van der Waals surface area contributed by atoms with Crippen molar-refractivity contribution >= 4 is 30.9 Å². The largest absolute Gasteiger partial charge is 0.514 e. The smallest absolute Gasteiger partial charge is 0.399 e. The van der Waals surface area contributed by atoms with Gasteiger partial charge in [0.15, 0.2) is 5.65 Å². The first kappa shape index (κ1) is 18.9. The van der Waals surface area contributed by atoms with E-state index in [4.69, 9.17) is 18.6 Å². The van der Waals surface area contributed by atoms with Gasteiger partial charge in [-0.3, -0.25) is 0 Å². The van der Waals surface area contributed by atoms with E-state index in [2.05, 4.69) is 15.5 Å². The van der Waals surface area contributed by atoms with Gasteiger partial charge in [-0.25, -0.2) is 4.52 Å². The SMILES string of the molecule is CC1(C)OB(c2cc(B3OC(C)(C)C(C)(C)O3)n3nnnc3c2)OC1(C)C. The first-order chi connectivity index (χ1) is 12.3. The highest BCUT2D eigenvalue weighted by molar-refractivity contribution is 6.65. The van der Waals surface area contributed by atoms with Gasteiger partial charge in [0.25, 0.3) is 0 Å². The molecular weight excluding hydrogens is 346 g/mol. The zero-order valence-corrected chi connectivity index (χ0v) is 17.2. The molecule has 0 atom stereocenters. The van der Waals surface area contributed by atoms with Crippen LogP contribution in [0.5, 0.6) is 0 Å². The van der Waals surface area contributed by atoms with Crippen molar-refractivity contribution in [3.63, 3.8) is 0 Å². The quantitative estimate of drug-likeness (QED) is 0.719. The molecule has 144 valence electrons. The van der Waals surface area contributed by atoms with E-state index in [9.17, 15) is 0 Å². The van der Waals surface area contributed by atoms with Crippen LogP contribution in [0.2, 0.25) is 0 Å². The third-order valence-electron chi connectivity index (χ3n) is 6.37. The third-order valence-corrected chi connectivity index (χ3v) is 6.37. The minimum absolute atomic E-state index is 0.430. The Morgan fingerprint density at radius 2 is 1.22 bits per heavy atom. The fourth-order valence-corrected chi connectivity index (χ4v) is 3.14. The van der Waals surface area contributed by atoms with Gasteiger partial charge in [0.2, 0.25) is 0 Å². The number of pyridine rings is 1. The minimum atomic E-state index is -0.594. The van der Waals surface area contributed by atoms with Gasteiger partial charge in [0, 0.05) is 0 Å². The van der Waals surface area contributed by atoms with Crippen LogP contribution in [0.25, 0.3) is 5.65 Å². The molecule has 10 heteroatoms. The lowest BCUT2D eigenvalue weighted by atomic mass is 9.74. The number of nitrogens with zero attached hydrogens (tertiary/aromatic N) is 4. The molecule has 0 N–H and O–H groups in total. The van der Waals surface area contributed by atoms with Crippen molar-refractivity contribution in [3.05, 3.63) is 12.1 Å². The van der Waals surface area contributed by atoms with Gasteiger partial charge in [0.1, 0.15) is 0 Å². The first-order valence-corrected chi connectivity index (χ1v) is 9.26. The molecule has 2 saturated heterocycles. The van der Waals surface area contributed by atoms with Crippen molar-refractivity contribution in [2.75, 3.05) is 0 Å². The molecule has 2 aliphatic heterocycles. The van der Waals surface area contributed by atoms with E-state index in [0.29, 0.717) is 11.2 Å². The third kappa shape index (κ3) is 2.81. The maximum atomic E-state index is 6.21. The maximum absolute atomic E-state index is 6.21. The van der Waals surface area contributed by atoms with Crippen molar-refractivity contribution in [2.24, 2.45) is 0 Å². The van der Waals surface area contributed by atoms with E-state index in [1.165, 1.54) is 0 Å². The molecule has 2 aromatic heterocycles. The Balaban J connectivity index is 1.76. The van der Waals surface area contributed by atoms with Gasteiger partial charge in [-0.05, 0) is 83.4 Å². The summed E-state index contributed by atoms with van der Waals surface area (Å²) in [5.74, 6) is 0. The number of fused-ring (bicyclic) bond motifs is 1. The number of aromatic nitrogens is 4. The average molecular weight is 372 g/mol. The normalized spacial score (nSPS) is 25.5. The summed E-state index contributed by atoms with van der Waals surface area (Å²) in [5, 5.41) is 12.0. The van der Waals surface area contributed by atoms with Crippen LogP contribution in [0.15, 0.2) is 12.1 Å². The van der Waals surface area contributed by atoms with E-state index >= 15 is 0 Å². The predicted octanol–water partition coefficient (Wildman–Crippen LogP) is 0.723. The topological polar surface area (TPSA) is 80.0 Å². The fraction of sp³-hybridized carbons (Fsp3) is 0.706. The summed E-state index contributed by atoms with van der Waals surface area (Å²) in [5.41, 5.74) is 0.352. The molecule has 0 bridgehead atoms. The van der Waals surface area contributed by atoms with Crippen molar-refractivity contribution in [1.29, 1.82) is 0 Å². The fourth-order valence-electron chi connectivity index (χ4n) is 3.14. The zero-order valence-electron chi connectivity index (χ0n) is 17.2. The highest BCUT2D eigenvalue weighted by Crippen LogP contribution is 2.37. The van der Waals surface area contributed by atoms with Gasteiger partial charge < -0.3 is 18.6 Å². The lowest BCUT2D eigenvalue weighted by Crippen LogP contribution is -2.44. The first-order valence-electron chi connectivity index (χ1n) is 9.26. The number of hydrogen-bond acceptors (Lipinski definition) is 7. The number of hydrogen-bond donors (Lipinski definition) is 0. The van der Waals surface area contributed by atoms with Crippen LogP contribution in [-0.4, -0.2) is 56.7 Å². The Kier molecular flexibility index (Phi) is 3.86. The highest BCUT2D eigenvalue weighted by atomic mass is 16.7. The summed E-state index contributed by atoms with van der Waals surface area (Å²) in [4.78, 5) is 0. The molecule has 0 spiro atoms. The second-order valence-corrected chi connectivity index (χ2v) is 9.34. The Labute approximate surface area is 160 Å². The summed E-state index contributed by atoms with van der Waals surface area (Å²) < 4.78 is 26.4. The summed E-state index contributed by atoms with van der Waals surface area (Å²) >= 11 is 0. The van der Waals surface area contributed by atoms with Crippen molar-refractivity contribution in [1.82, 2.24) is 20.0 Å². The summed E-state index contributed by atoms with van der Waals surface area (Å²) in [6.45, 7) is 16.2. The van der Waals surface area contributed by atoms with E-state index < -0.39 is 36.6 Å². The van der Waals surface area contributed by atoms with Gasteiger partial charge >= 0.3 is 14.2 Å². The van der Waals surface area contributed by atoms with Crippen molar-refractivity contribution in [2.45, 2.75) is 77.8 Å². The second-order valence-electron chi connectivity index (χ2n) is 9.34. The van der Waals surface area contributed by atoms with E-state index in [0.717, 1.165) is 5.46 Å². The monoisotopic (exact) mass is 372 g/mol. The molecule has 2 aromatic rings. The maximum Gasteiger partial charge on any atom is 0.514 e. The van der Waals surface area contributed by atoms with Crippen LogP contribution < -0.4 is 11.1 Å². The van der Waals surface area contributed by atoms with E-state index in [1.54, 1.807) is 4.52 Å². The highest BCUT2D eigenvalue weighted by Gasteiger charge is 2.54. The van der Waals surface area contributed by atoms with Gasteiger partial charge in [-0.15, -0.1) is 5.10 Å². The molecule has 2 aliphatic rings. The number of tetrazole rings is 1. The Hall–Kier alpha value is -1.48. The molecule has 27 heavy (non-hydrogen) atoms. The number of rotatable bonds is 2. The molecule has 4 heterocycles. The van der Waals surface area contributed by atoms with Crippen LogP contribution >= 0.6 is 0 Å². The Morgan fingerprint density at radius 1 is 0.741 bits per heavy atom. The lowest BCUT2D eigenvalue weighted by molar-refractivity contribution is 0.00578. The predicted molar refractivity (Wildman–Crippen MR) is 102 cm³/mol. The molecule has 0 saturated carbocycles. The minimum Gasteiger partial charge on any atom is -0.399 e. The van der Waals surface area contributed by atoms with E-state index in [1.807, 2.05) is 67.5 Å². The lowest BCUT2D eigenvalue weighted by Gasteiger charge is -2.32. The Bertz CT molecular complexity index is 864. The molecular formula is C17H26B2N4O4. The van der Waals surface area contributed by atoms with Gasteiger partial charge in [0.05, 0.1) is 28.0 Å². The Morgan fingerprint density at radius 3 is 1.74 bits per heavy atom. The molecule has 4 rings (SSSR count). The van der Waals surface area contributed by atoms with Crippen LogP contribution in [0.1, 0.15) is 55.4 Å². The van der Waals surface area contributed by atoms with Gasteiger partial charge in [-0.2, -0.15) is 0 Å². The van der Waals surface area contributed by atoms with Crippen LogP contribution in [0.4, 0.5) is 0 Å². The summed E-state index contributed by atoms with van der Waals surface area (Å²) in [7, 11) is -1.11. The molecule has 0 radical (unpaired) electrons. The van der Waals surface area contributed by atoms with Crippen LogP contribution in [0.3, 0.4) is 0 Å². The molecule has 0 aromatic carbocycles. The van der Waals surface area contributed by atoms with Crippen LogP contribution in [0, 0.1) is 0 Å². The molecule has 0 aliphatic carbocycles. The van der Waals surface area contributed by atoms with Crippen molar-refractivity contribution < 1.29 is 18.6 Å². The molecule has 0 unspecified atom stereocenters. The van der Waals surface area contributed by atoms with Crippen molar-refractivity contribution in [3.8, 4) is 0 Å². The van der Waals surface area contributed by atoms with Gasteiger partial charge in [-0.1, -0.05) is 0 Å². The standard InChI is InChI=1S/C17H26B2N4O4/c1-14(2)15(3,4)25-18(24-14)11-9-12(23-13(10-11)20-21-22-23)19-26-16(5,6)17(7,8)27-19/h9-10H,1-8H3. The summed E-state index contributed by atoms with van der Waals surface area (Å²) in [6, 6.07) is 3.81. The zero-order chi connectivity index (χ0) is 19.8. The second kappa shape index (κ2) is 5.53.